The lowest BCUT2D eigenvalue weighted by Crippen LogP contribution is -1.73. The van der Waals surface area contributed by atoms with E-state index in [4.69, 9.17) is 0 Å². The molecule has 0 bridgehead atoms. The van der Waals surface area contributed by atoms with Crippen LogP contribution in [-0.4, -0.2) is 0 Å². The zero-order valence-electron chi connectivity index (χ0n) is 9.90. The van der Waals surface area contributed by atoms with Crippen LogP contribution in [0.1, 0.15) is 0 Å². The maximum atomic E-state index is 4.58. The van der Waals surface area contributed by atoms with Crippen molar-refractivity contribution in [2.75, 3.05) is 0 Å². The summed E-state index contributed by atoms with van der Waals surface area (Å²) in [5, 5.41) is 0. The summed E-state index contributed by atoms with van der Waals surface area (Å²) >= 11 is 0. The monoisotopic (exact) mass is 258 g/mol. The Morgan fingerprint density at radius 1 is 0.500 bits per heavy atom. The fourth-order valence-corrected chi connectivity index (χ4v) is 1.49. The molecule has 2 aromatic carbocycles. The highest BCUT2D eigenvalue weighted by Crippen LogP contribution is 2.17. The van der Waals surface area contributed by atoms with Crippen molar-refractivity contribution in [1.29, 1.82) is 0 Å². The third-order valence-corrected chi connectivity index (χ3v) is 2.31. The van der Waals surface area contributed by atoms with E-state index in [2.05, 4.69) is 52.9 Å². The van der Waals surface area contributed by atoms with Crippen LogP contribution in [0, 0.1) is 0 Å². The molecule has 0 radical (unpaired) electrons. The first-order valence-corrected chi connectivity index (χ1v) is 5.54. The average Bonchev–Trinajstić information content (AvgIpc) is 3.00. The molecule has 0 saturated heterocycles. The van der Waals surface area contributed by atoms with Crippen molar-refractivity contribution in [3.05, 3.63) is 85.3 Å². The predicted octanol–water partition coefficient (Wildman–Crippen LogP) is 5.06. The summed E-state index contributed by atoms with van der Waals surface area (Å²) in [6.07, 6.45) is 3.25. The van der Waals surface area contributed by atoms with Gasteiger partial charge in [0.25, 0.3) is 0 Å². The van der Waals surface area contributed by atoms with Gasteiger partial charge in [0.15, 0.2) is 0 Å². The van der Waals surface area contributed by atoms with Gasteiger partial charge in [-0.1, -0.05) is 60.7 Å². The minimum atomic E-state index is 0. The Hall–Kier alpha value is -1.99. The molecule has 0 saturated carbocycles. The summed E-state index contributed by atoms with van der Waals surface area (Å²) in [4.78, 5) is 0. The van der Waals surface area contributed by atoms with Crippen molar-refractivity contribution < 1.29 is 4.42 Å². The third-order valence-electron chi connectivity index (χ3n) is 2.31. The van der Waals surface area contributed by atoms with E-state index in [0.29, 0.717) is 0 Å². The predicted molar refractivity (Wildman–Crippen MR) is 77.8 cm³/mol. The van der Waals surface area contributed by atoms with Crippen LogP contribution in [0.15, 0.2) is 89.7 Å². The summed E-state index contributed by atoms with van der Waals surface area (Å²) in [7, 11) is 0. The van der Waals surface area contributed by atoms with E-state index in [-0.39, 0.29) is 12.4 Å². The molecule has 1 heterocycles. The van der Waals surface area contributed by atoms with Gasteiger partial charge in [0.05, 0.1) is 12.5 Å². The van der Waals surface area contributed by atoms with Crippen LogP contribution in [0.5, 0.6) is 0 Å². The van der Waals surface area contributed by atoms with Crippen LogP contribution < -0.4 is 0 Å². The molecule has 0 fully saturated rings. The van der Waals surface area contributed by atoms with E-state index in [1.54, 1.807) is 12.5 Å². The van der Waals surface area contributed by atoms with Gasteiger partial charge in [-0.15, -0.1) is 12.4 Å². The Labute approximate surface area is 113 Å². The second-order valence-electron chi connectivity index (χ2n) is 3.53. The van der Waals surface area contributed by atoms with Gasteiger partial charge in [-0.05, 0) is 23.3 Å². The van der Waals surface area contributed by atoms with Gasteiger partial charge < -0.3 is 4.42 Å². The first-order valence-electron chi connectivity index (χ1n) is 5.54. The standard InChI is InChI=1S/C12H10.C4H4O.ClH/c1-3-7-11(8-4-1)12-9-5-2-6-10-12;1-2-4-5-3-1;/h1-10H;1-4H;1H. The smallest absolute Gasteiger partial charge is 0.0902 e. The number of benzene rings is 2. The lowest BCUT2D eigenvalue weighted by Gasteiger charge is -1.98. The fourth-order valence-electron chi connectivity index (χ4n) is 1.49. The van der Waals surface area contributed by atoms with Crippen LogP contribution in [0.25, 0.3) is 11.1 Å². The molecule has 0 aliphatic heterocycles. The Morgan fingerprint density at radius 2 is 0.889 bits per heavy atom. The molecule has 92 valence electrons. The first-order chi connectivity index (χ1) is 8.47. The van der Waals surface area contributed by atoms with E-state index < -0.39 is 0 Å². The molecule has 0 amide bonds. The van der Waals surface area contributed by atoms with Crippen molar-refractivity contribution in [1.82, 2.24) is 0 Å². The molecular formula is C16H15ClO. The molecule has 2 heteroatoms. The van der Waals surface area contributed by atoms with Crippen molar-refractivity contribution >= 4 is 12.4 Å². The van der Waals surface area contributed by atoms with Gasteiger partial charge in [-0.3, -0.25) is 0 Å². The highest BCUT2D eigenvalue weighted by atomic mass is 35.5. The van der Waals surface area contributed by atoms with Crippen LogP contribution in [-0.2, 0) is 0 Å². The minimum Gasteiger partial charge on any atom is -0.473 e. The van der Waals surface area contributed by atoms with Crippen LogP contribution in [0.2, 0.25) is 0 Å². The lowest BCUT2D eigenvalue weighted by atomic mass is 10.1. The van der Waals surface area contributed by atoms with Gasteiger partial charge in [-0.25, -0.2) is 0 Å². The quantitative estimate of drug-likeness (QED) is 0.595. The largest absolute Gasteiger partial charge is 0.473 e. The summed E-state index contributed by atoms with van der Waals surface area (Å²) in [5.41, 5.74) is 2.55. The van der Waals surface area contributed by atoms with Crippen molar-refractivity contribution in [2.45, 2.75) is 0 Å². The Morgan fingerprint density at radius 3 is 1.17 bits per heavy atom. The number of hydrogen-bond donors (Lipinski definition) is 0. The van der Waals surface area contributed by atoms with Crippen LogP contribution in [0.4, 0.5) is 0 Å². The maximum absolute atomic E-state index is 4.58. The molecule has 0 aliphatic rings. The summed E-state index contributed by atoms with van der Waals surface area (Å²) in [6.45, 7) is 0. The molecule has 3 aromatic rings. The van der Waals surface area contributed by atoms with Gasteiger partial charge in [0.2, 0.25) is 0 Å². The molecule has 18 heavy (non-hydrogen) atoms. The van der Waals surface area contributed by atoms with Gasteiger partial charge >= 0.3 is 0 Å². The zero-order valence-corrected chi connectivity index (χ0v) is 10.7. The Kier molecular flexibility index (Phi) is 6.37. The topological polar surface area (TPSA) is 13.1 Å². The fraction of sp³-hybridized carbons (Fsp3) is 0. The molecular weight excluding hydrogens is 244 g/mol. The molecule has 0 aliphatic carbocycles. The van der Waals surface area contributed by atoms with Gasteiger partial charge in [0, 0.05) is 0 Å². The molecule has 0 atom stereocenters. The van der Waals surface area contributed by atoms with Crippen LogP contribution in [0.3, 0.4) is 0 Å². The lowest BCUT2D eigenvalue weighted by molar-refractivity contribution is 0.567. The second-order valence-corrected chi connectivity index (χ2v) is 3.53. The molecule has 0 N–H and O–H groups in total. The Balaban J connectivity index is 0.000000230. The molecule has 1 aromatic heterocycles. The van der Waals surface area contributed by atoms with Crippen molar-refractivity contribution in [2.24, 2.45) is 0 Å². The van der Waals surface area contributed by atoms with Crippen molar-refractivity contribution in [3.8, 4) is 11.1 Å². The molecule has 1 nitrogen and oxygen atoms in total. The number of halogens is 1. The van der Waals surface area contributed by atoms with E-state index in [1.807, 2.05) is 24.3 Å². The molecule has 0 unspecified atom stereocenters. The molecule has 0 spiro atoms. The normalized spacial score (nSPS) is 8.67. The SMILES string of the molecule is Cl.c1ccc(-c2ccccc2)cc1.c1ccoc1. The average molecular weight is 259 g/mol. The summed E-state index contributed by atoms with van der Waals surface area (Å²) in [5.74, 6) is 0. The summed E-state index contributed by atoms with van der Waals surface area (Å²) < 4.78 is 4.58. The number of rotatable bonds is 1. The number of hydrogen-bond acceptors (Lipinski definition) is 1. The van der Waals surface area contributed by atoms with E-state index in [9.17, 15) is 0 Å². The first kappa shape index (κ1) is 14.1. The number of furan rings is 1. The highest BCUT2D eigenvalue weighted by Gasteiger charge is 1.91. The second kappa shape index (κ2) is 8.15. The summed E-state index contributed by atoms with van der Waals surface area (Å²) in [6, 6.07) is 24.4. The third kappa shape index (κ3) is 4.48. The van der Waals surface area contributed by atoms with Crippen molar-refractivity contribution in [3.63, 3.8) is 0 Å². The van der Waals surface area contributed by atoms with E-state index in [1.165, 1.54) is 11.1 Å². The highest BCUT2D eigenvalue weighted by molar-refractivity contribution is 5.85. The van der Waals surface area contributed by atoms with Crippen LogP contribution >= 0.6 is 12.4 Å². The minimum absolute atomic E-state index is 0. The Bertz CT molecular complexity index is 449. The van der Waals surface area contributed by atoms with E-state index in [0.717, 1.165) is 0 Å². The maximum Gasteiger partial charge on any atom is 0.0902 e. The zero-order chi connectivity index (χ0) is 11.8. The van der Waals surface area contributed by atoms with Gasteiger partial charge in [-0.2, -0.15) is 0 Å². The van der Waals surface area contributed by atoms with E-state index >= 15 is 0 Å². The van der Waals surface area contributed by atoms with Gasteiger partial charge in [0.1, 0.15) is 0 Å². The molecule has 3 rings (SSSR count).